The van der Waals surface area contributed by atoms with Gasteiger partial charge in [0.1, 0.15) is 0 Å². The average Bonchev–Trinajstić information content (AvgIpc) is 2.91. The Labute approximate surface area is 168 Å². The molecule has 28 heavy (non-hydrogen) atoms. The number of nitrogens with zero attached hydrogens (tertiary/aromatic N) is 5. The molecule has 0 spiro atoms. The molecule has 1 aliphatic rings. The van der Waals surface area contributed by atoms with Crippen LogP contribution < -0.4 is 10.6 Å². The first-order valence-corrected chi connectivity index (χ1v) is 9.96. The first kappa shape index (κ1) is 22.2. The number of nitrogens with one attached hydrogen (secondary N) is 2. The predicted molar refractivity (Wildman–Crippen MR) is 110 cm³/mol. The highest BCUT2D eigenvalue weighted by Gasteiger charge is 2.21. The number of hydrogen-bond donors (Lipinski definition) is 2. The van der Waals surface area contributed by atoms with Crippen molar-refractivity contribution in [3.63, 3.8) is 0 Å². The minimum atomic E-state index is 0.0496. The number of ether oxygens (including phenoxy) is 1. The summed E-state index contributed by atoms with van der Waals surface area (Å²) in [6.07, 6.45) is 0. The number of amides is 1. The van der Waals surface area contributed by atoms with Crippen LogP contribution in [0.25, 0.3) is 0 Å². The van der Waals surface area contributed by atoms with E-state index in [0.29, 0.717) is 26.2 Å². The summed E-state index contributed by atoms with van der Waals surface area (Å²) in [6, 6.07) is 0. The summed E-state index contributed by atoms with van der Waals surface area (Å²) in [5, 5.41) is 10.7. The van der Waals surface area contributed by atoms with E-state index < -0.39 is 0 Å². The van der Waals surface area contributed by atoms with E-state index in [2.05, 4.69) is 39.4 Å². The highest BCUT2D eigenvalue weighted by molar-refractivity contribution is 5.80. The maximum atomic E-state index is 12.0. The monoisotopic (exact) mass is 393 g/mol. The Bertz CT molecular complexity index is 663. The van der Waals surface area contributed by atoms with Gasteiger partial charge in [-0.15, -0.1) is 0 Å². The molecule has 0 saturated carbocycles. The molecule has 1 aromatic rings. The first-order chi connectivity index (χ1) is 13.5. The molecule has 1 aromatic heterocycles. The molecule has 0 bridgehead atoms. The fourth-order valence-corrected chi connectivity index (χ4v) is 3.30. The summed E-state index contributed by atoms with van der Waals surface area (Å²) >= 11 is 0. The zero-order chi connectivity index (χ0) is 20.5. The maximum Gasteiger partial charge on any atom is 0.234 e. The second kappa shape index (κ2) is 11.0. The van der Waals surface area contributed by atoms with Gasteiger partial charge in [-0.2, -0.15) is 5.10 Å². The van der Waals surface area contributed by atoms with Crippen molar-refractivity contribution in [3.8, 4) is 0 Å². The van der Waals surface area contributed by atoms with E-state index in [-0.39, 0.29) is 5.91 Å². The summed E-state index contributed by atoms with van der Waals surface area (Å²) in [6.45, 7) is 12.5. The molecule has 9 heteroatoms. The molecule has 1 amide bonds. The van der Waals surface area contributed by atoms with E-state index in [1.807, 2.05) is 18.7 Å². The number of aryl methyl sites for hydroxylation is 2. The average molecular weight is 394 g/mol. The van der Waals surface area contributed by atoms with E-state index in [1.54, 1.807) is 7.11 Å². The van der Waals surface area contributed by atoms with Crippen molar-refractivity contribution < 1.29 is 9.53 Å². The minimum absolute atomic E-state index is 0.0496. The number of methoxy groups -OCH3 is 1. The smallest absolute Gasteiger partial charge is 0.234 e. The molecular formula is C19H35N7O2. The van der Waals surface area contributed by atoms with Crippen LogP contribution in [0, 0.1) is 13.8 Å². The van der Waals surface area contributed by atoms with E-state index >= 15 is 0 Å². The lowest BCUT2D eigenvalue weighted by molar-refractivity contribution is -0.122. The number of rotatable bonds is 8. The summed E-state index contributed by atoms with van der Waals surface area (Å²) in [4.78, 5) is 21.3. The lowest BCUT2D eigenvalue weighted by atomic mass is 10.2. The largest absolute Gasteiger partial charge is 0.383 e. The van der Waals surface area contributed by atoms with Crippen molar-refractivity contribution in [3.05, 3.63) is 17.0 Å². The second-order valence-corrected chi connectivity index (χ2v) is 7.05. The minimum Gasteiger partial charge on any atom is -0.383 e. The molecule has 0 radical (unpaired) electrons. The summed E-state index contributed by atoms with van der Waals surface area (Å²) < 4.78 is 6.86. The summed E-state index contributed by atoms with van der Waals surface area (Å²) in [5.41, 5.74) is 3.37. The Kier molecular flexibility index (Phi) is 8.72. The van der Waals surface area contributed by atoms with Crippen LogP contribution in [-0.2, 0) is 23.1 Å². The van der Waals surface area contributed by atoms with Crippen molar-refractivity contribution in [2.75, 3.05) is 59.5 Å². The van der Waals surface area contributed by atoms with Gasteiger partial charge in [0, 0.05) is 64.7 Å². The lowest BCUT2D eigenvalue weighted by Gasteiger charge is -2.36. The quantitative estimate of drug-likeness (QED) is 0.364. The van der Waals surface area contributed by atoms with Crippen LogP contribution in [0.2, 0.25) is 0 Å². The van der Waals surface area contributed by atoms with Crippen molar-refractivity contribution in [2.24, 2.45) is 12.0 Å². The third-order valence-electron chi connectivity index (χ3n) is 5.05. The van der Waals surface area contributed by atoms with Gasteiger partial charge in [-0.05, 0) is 20.8 Å². The van der Waals surface area contributed by atoms with Crippen LogP contribution in [0.3, 0.4) is 0 Å². The molecule has 158 valence electrons. The number of guanidine groups is 1. The highest BCUT2D eigenvalue weighted by Crippen LogP contribution is 2.13. The molecule has 0 aromatic carbocycles. The number of hydrogen-bond acceptors (Lipinski definition) is 5. The van der Waals surface area contributed by atoms with Gasteiger partial charge in [0.2, 0.25) is 5.91 Å². The number of carbonyl (C=O) groups is 1. The van der Waals surface area contributed by atoms with Gasteiger partial charge in [-0.3, -0.25) is 14.4 Å². The van der Waals surface area contributed by atoms with Crippen LogP contribution in [-0.4, -0.2) is 91.0 Å². The zero-order valence-corrected chi connectivity index (χ0v) is 17.9. The lowest BCUT2D eigenvalue weighted by Crippen LogP contribution is -2.54. The van der Waals surface area contributed by atoms with Crippen molar-refractivity contribution in [1.82, 2.24) is 30.2 Å². The molecule has 1 saturated heterocycles. The van der Waals surface area contributed by atoms with E-state index in [0.717, 1.165) is 50.1 Å². The highest BCUT2D eigenvalue weighted by atomic mass is 16.5. The maximum absolute atomic E-state index is 12.0. The third kappa shape index (κ3) is 6.20. The van der Waals surface area contributed by atoms with Gasteiger partial charge in [0.25, 0.3) is 0 Å². The van der Waals surface area contributed by atoms with Crippen LogP contribution in [0.4, 0.5) is 0 Å². The van der Waals surface area contributed by atoms with Crippen LogP contribution in [0.15, 0.2) is 4.99 Å². The normalized spacial score (nSPS) is 15.8. The number of carbonyl (C=O) groups excluding carboxylic acids is 1. The molecule has 0 atom stereocenters. The van der Waals surface area contributed by atoms with Crippen molar-refractivity contribution in [2.45, 2.75) is 27.3 Å². The van der Waals surface area contributed by atoms with Gasteiger partial charge < -0.3 is 20.3 Å². The Balaban J connectivity index is 1.89. The molecule has 1 aliphatic heterocycles. The fraction of sp³-hybridized carbons (Fsp3) is 0.737. The topological polar surface area (TPSA) is 87.0 Å². The molecule has 1 fully saturated rings. The predicted octanol–water partition coefficient (Wildman–Crippen LogP) is -0.117. The molecule has 2 heterocycles. The Morgan fingerprint density at radius 1 is 1.21 bits per heavy atom. The summed E-state index contributed by atoms with van der Waals surface area (Å²) in [5.74, 6) is 0.975. The number of aliphatic imine (C=N–C) groups is 1. The molecule has 2 N–H and O–H groups in total. The Morgan fingerprint density at radius 2 is 1.93 bits per heavy atom. The van der Waals surface area contributed by atoms with E-state index in [4.69, 9.17) is 9.73 Å². The van der Waals surface area contributed by atoms with Crippen molar-refractivity contribution in [1.29, 1.82) is 0 Å². The Morgan fingerprint density at radius 3 is 2.50 bits per heavy atom. The Hall–Kier alpha value is -2.13. The van der Waals surface area contributed by atoms with Gasteiger partial charge >= 0.3 is 0 Å². The van der Waals surface area contributed by atoms with Gasteiger partial charge in [-0.1, -0.05) is 0 Å². The van der Waals surface area contributed by atoms with Gasteiger partial charge in [0.05, 0.1) is 25.4 Å². The molecule has 9 nitrogen and oxygen atoms in total. The van der Waals surface area contributed by atoms with E-state index in [9.17, 15) is 4.79 Å². The van der Waals surface area contributed by atoms with Gasteiger partial charge in [0.15, 0.2) is 5.96 Å². The SMILES string of the molecule is CCNC(=NCc1c(C)nn(C)c1C)N1CCN(CC(=O)NCCOC)CC1. The van der Waals surface area contributed by atoms with Crippen LogP contribution in [0.1, 0.15) is 23.9 Å². The molecular weight excluding hydrogens is 358 g/mol. The van der Waals surface area contributed by atoms with E-state index in [1.165, 1.54) is 5.56 Å². The number of aromatic nitrogens is 2. The summed E-state index contributed by atoms with van der Waals surface area (Å²) in [7, 11) is 3.59. The van der Waals surface area contributed by atoms with Crippen LogP contribution >= 0.6 is 0 Å². The second-order valence-electron chi connectivity index (χ2n) is 7.05. The van der Waals surface area contributed by atoms with Crippen LogP contribution in [0.5, 0.6) is 0 Å². The van der Waals surface area contributed by atoms with Crippen molar-refractivity contribution >= 4 is 11.9 Å². The first-order valence-electron chi connectivity index (χ1n) is 9.96. The van der Waals surface area contributed by atoms with Gasteiger partial charge in [-0.25, -0.2) is 4.99 Å². The third-order valence-corrected chi connectivity index (χ3v) is 5.05. The molecule has 0 aliphatic carbocycles. The molecule has 2 rings (SSSR count). The zero-order valence-electron chi connectivity index (χ0n) is 17.9. The fourth-order valence-electron chi connectivity index (χ4n) is 3.30. The standard InChI is InChI=1S/C19H35N7O2/c1-6-20-19(22-13-17-15(2)23-24(4)16(17)3)26-10-8-25(9-11-26)14-18(27)21-7-12-28-5/h6-14H2,1-5H3,(H,20,22)(H,21,27). The number of piperazine rings is 1. The molecule has 0 unspecified atom stereocenters.